The smallest absolute Gasteiger partial charge is 0.126 e. The van der Waals surface area contributed by atoms with E-state index >= 15 is 0 Å². The molecule has 3 nitrogen and oxygen atoms in total. The molecule has 0 radical (unpaired) electrons. The minimum atomic E-state index is 0.0569. The highest BCUT2D eigenvalue weighted by Crippen LogP contribution is 2.39. The predicted molar refractivity (Wildman–Crippen MR) is 72.9 cm³/mol. The van der Waals surface area contributed by atoms with Crippen molar-refractivity contribution >= 4 is 17.2 Å². The topological polar surface area (TPSA) is 36.4 Å². The molecule has 0 aromatic heterocycles. The third-order valence-electron chi connectivity index (χ3n) is 3.94. The maximum absolute atomic E-state index is 4.47. The van der Waals surface area contributed by atoms with Crippen LogP contribution in [0.4, 0.5) is 11.4 Å². The lowest BCUT2D eigenvalue weighted by Crippen LogP contribution is -2.53. The Balaban J connectivity index is 2.01. The van der Waals surface area contributed by atoms with Gasteiger partial charge in [-0.3, -0.25) is 4.99 Å². The van der Waals surface area contributed by atoms with Crippen LogP contribution in [0.3, 0.4) is 0 Å². The number of benzene rings is 1. The highest BCUT2D eigenvalue weighted by Gasteiger charge is 2.40. The second-order valence-corrected chi connectivity index (χ2v) is 5.01. The number of nitrogens with one attached hydrogen (secondary N) is 2. The first-order valence-corrected chi connectivity index (χ1v) is 6.46. The fourth-order valence-electron chi connectivity index (χ4n) is 3.05. The Bertz CT molecular complexity index is 445. The number of amidine groups is 1. The van der Waals surface area contributed by atoms with Crippen molar-refractivity contribution in [1.82, 2.24) is 0 Å². The van der Waals surface area contributed by atoms with Crippen LogP contribution in [-0.4, -0.2) is 18.4 Å². The molecule has 0 saturated heterocycles. The molecule has 0 atom stereocenters. The van der Waals surface area contributed by atoms with Gasteiger partial charge in [-0.15, -0.1) is 0 Å². The van der Waals surface area contributed by atoms with E-state index in [0.717, 1.165) is 11.5 Å². The molecule has 1 aliphatic heterocycles. The summed E-state index contributed by atoms with van der Waals surface area (Å²) < 4.78 is 0. The van der Waals surface area contributed by atoms with Crippen molar-refractivity contribution in [2.75, 3.05) is 17.7 Å². The van der Waals surface area contributed by atoms with Gasteiger partial charge in [-0.2, -0.15) is 0 Å². The molecule has 90 valence electrons. The second-order valence-electron chi connectivity index (χ2n) is 5.01. The van der Waals surface area contributed by atoms with Crippen LogP contribution < -0.4 is 10.6 Å². The Hall–Kier alpha value is -1.51. The van der Waals surface area contributed by atoms with Gasteiger partial charge in [0.25, 0.3) is 0 Å². The standard InChI is InChI=1S/C14H19N3/c1-15-13-14(9-5-2-6-10-14)17-12-8-4-3-7-11(12)16-13/h3-4,7-8,17H,2,5-6,9-10H2,1H3,(H,15,16). The number of hydrogen-bond acceptors (Lipinski definition) is 2. The Kier molecular flexibility index (Phi) is 2.54. The van der Waals surface area contributed by atoms with E-state index in [1.54, 1.807) is 0 Å². The first-order valence-electron chi connectivity index (χ1n) is 6.46. The molecule has 1 fully saturated rings. The Morgan fingerprint density at radius 1 is 1.06 bits per heavy atom. The second kappa shape index (κ2) is 4.06. The third-order valence-corrected chi connectivity index (χ3v) is 3.94. The van der Waals surface area contributed by atoms with Gasteiger partial charge < -0.3 is 10.6 Å². The molecule has 0 bridgehead atoms. The van der Waals surface area contributed by atoms with Crippen LogP contribution >= 0.6 is 0 Å². The van der Waals surface area contributed by atoms with Crippen LogP contribution in [0.2, 0.25) is 0 Å². The number of fused-ring (bicyclic) bond motifs is 1. The molecule has 0 amide bonds. The summed E-state index contributed by atoms with van der Waals surface area (Å²) in [7, 11) is 1.88. The van der Waals surface area contributed by atoms with E-state index < -0.39 is 0 Å². The summed E-state index contributed by atoms with van der Waals surface area (Å²) in [5, 5.41) is 7.21. The molecule has 3 rings (SSSR count). The van der Waals surface area contributed by atoms with Gasteiger partial charge in [-0.25, -0.2) is 0 Å². The number of rotatable bonds is 0. The summed E-state index contributed by atoms with van der Waals surface area (Å²) in [4.78, 5) is 4.47. The SMILES string of the molecule is CN=C1Nc2ccccc2NC12CCCCC2. The highest BCUT2D eigenvalue weighted by molar-refractivity contribution is 6.09. The average molecular weight is 229 g/mol. The Morgan fingerprint density at radius 2 is 1.76 bits per heavy atom. The van der Waals surface area contributed by atoms with Crippen molar-refractivity contribution in [3.63, 3.8) is 0 Å². The lowest BCUT2D eigenvalue weighted by molar-refractivity contribution is 0.403. The van der Waals surface area contributed by atoms with Gasteiger partial charge >= 0.3 is 0 Å². The monoisotopic (exact) mass is 229 g/mol. The van der Waals surface area contributed by atoms with Gasteiger partial charge in [0.1, 0.15) is 5.84 Å². The summed E-state index contributed by atoms with van der Waals surface area (Å²) in [6.07, 6.45) is 6.29. The number of nitrogens with zero attached hydrogens (tertiary/aromatic N) is 1. The normalized spacial score (nSPS) is 23.9. The lowest BCUT2D eigenvalue weighted by Gasteiger charge is -2.43. The molecular formula is C14H19N3. The number of aliphatic imine (C=N–C) groups is 1. The van der Waals surface area contributed by atoms with E-state index in [-0.39, 0.29) is 5.54 Å². The quantitative estimate of drug-likeness (QED) is 0.716. The summed E-state index contributed by atoms with van der Waals surface area (Å²) in [5.74, 6) is 1.11. The molecule has 1 spiro atoms. The minimum absolute atomic E-state index is 0.0569. The van der Waals surface area contributed by atoms with Crippen LogP contribution in [0.5, 0.6) is 0 Å². The zero-order valence-electron chi connectivity index (χ0n) is 10.3. The molecule has 1 heterocycles. The van der Waals surface area contributed by atoms with E-state index in [1.165, 1.54) is 37.8 Å². The molecule has 1 saturated carbocycles. The Morgan fingerprint density at radius 3 is 2.47 bits per heavy atom. The van der Waals surface area contributed by atoms with Crippen molar-refractivity contribution in [3.05, 3.63) is 24.3 Å². The summed E-state index contributed by atoms with van der Waals surface area (Å²) in [6, 6.07) is 8.38. The molecule has 2 aliphatic rings. The highest BCUT2D eigenvalue weighted by atomic mass is 15.2. The largest absolute Gasteiger partial charge is 0.371 e. The van der Waals surface area contributed by atoms with E-state index in [4.69, 9.17) is 0 Å². The molecule has 1 aliphatic carbocycles. The van der Waals surface area contributed by atoms with Crippen LogP contribution in [0.15, 0.2) is 29.3 Å². The van der Waals surface area contributed by atoms with Gasteiger partial charge in [-0.1, -0.05) is 31.4 Å². The molecule has 2 N–H and O–H groups in total. The van der Waals surface area contributed by atoms with Crippen LogP contribution in [0.25, 0.3) is 0 Å². The fourth-order valence-corrected chi connectivity index (χ4v) is 3.05. The zero-order chi connectivity index (χ0) is 11.7. The molecule has 3 heteroatoms. The summed E-state index contributed by atoms with van der Waals surface area (Å²) in [5.41, 5.74) is 2.41. The molecule has 1 aromatic carbocycles. The lowest BCUT2D eigenvalue weighted by atomic mass is 9.79. The van der Waals surface area contributed by atoms with E-state index in [2.05, 4.69) is 39.9 Å². The summed E-state index contributed by atoms with van der Waals surface area (Å²) >= 11 is 0. The van der Waals surface area contributed by atoms with E-state index in [0.29, 0.717) is 0 Å². The zero-order valence-corrected chi connectivity index (χ0v) is 10.3. The van der Waals surface area contributed by atoms with Crippen molar-refractivity contribution < 1.29 is 0 Å². The maximum atomic E-state index is 4.47. The van der Waals surface area contributed by atoms with Gasteiger partial charge in [-0.05, 0) is 25.0 Å². The van der Waals surface area contributed by atoms with E-state index in [1.807, 2.05) is 7.05 Å². The average Bonchev–Trinajstić information content (AvgIpc) is 2.39. The third kappa shape index (κ3) is 1.70. The number of anilines is 2. The van der Waals surface area contributed by atoms with Gasteiger partial charge in [0.05, 0.1) is 16.9 Å². The first kappa shape index (κ1) is 10.6. The Labute approximate surface area is 102 Å². The number of hydrogen-bond donors (Lipinski definition) is 2. The molecule has 0 unspecified atom stereocenters. The van der Waals surface area contributed by atoms with Crippen LogP contribution in [0, 0.1) is 0 Å². The fraction of sp³-hybridized carbons (Fsp3) is 0.500. The van der Waals surface area contributed by atoms with Gasteiger partial charge in [0.2, 0.25) is 0 Å². The van der Waals surface area contributed by atoms with E-state index in [9.17, 15) is 0 Å². The minimum Gasteiger partial charge on any atom is -0.371 e. The number of para-hydroxylation sites is 2. The van der Waals surface area contributed by atoms with Crippen molar-refractivity contribution in [3.8, 4) is 0 Å². The maximum Gasteiger partial charge on any atom is 0.126 e. The molecule has 1 aromatic rings. The van der Waals surface area contributed by atoms with Crippen LogP contribution in [-0.2, 0) is 0 Å². The predicted octanol–water partition coefficient (Wildman–Crippen LogP) is 3.26. The molecular weight excluding hydrogens is 210 g/mol. The van der Waals surface area contributed by atoms with Crippen LogP contribution in [0.1, 0.15) is 32.1 Å². The summed E-state index contributed by atoms with van der Waals surface area (Å²) in [6.45, 7) is 0. The van der Waals surface area contributed by atoms with Crippen molar-refractivity contribution in [2.24, 2.45) is 4.99 Å². The van der Waals surface area contributed by atoms with Gasteiger partial charge in [0, 0.05) is 7.05 Å². The first-order chi connectivity index (χ1) is 8.34. The molecule has 17 heavy (non-hydrogen) atoms. The van der Waals surface area contributed by atoms with Crippen molar-refractivity contribution in [1.29, 1.82) is 0 Å². The van der Waals surface area contributed by atoms with Crippen molar-refractivity contribution in [2.45, 2.75) is 37.6 Å². The van der Waals surface area contributed by atoms with Gasteiger partial charge in [0.15, 0.2) is 0 Å².